The molecular weight excluding hydrogens is 536 g/mol. The minimum absolute atomic E-state index is 0.116. The molecule has 4 aliphatic rings. The molecule has 5 N–H and O–H groups in total. The predicted molar refractivity (Wildman–Crippen MR) is 156 cm³/mol. The second kappa shape index (κ2) is 10.5. The predicted octanol–water partition coefficient (Wildman–Crippen LogP) is 3.72. The lowest BCUT2D eigenvalue weighted by Gasteiger charge is -2.60. The highest BCUT2D eigenvalue weighted by atomic mass is 16.6. The molecule has 232 valence electrons. The third kappa shape index (κ3) is 4.87. The molecule has 0 heterocycles. The van der Waals surface area contributed by atoms with Crippen molar-refractivity contribution in [3.63, 3.8) is 0 Å². The van der Waals surface area contributed by atoms with Gasteiger partial charge in [-0.2, -0.15) is 0 Å². The summed E-state index contributed by atoms with van der Waals surface area (Å²) in [5.41, 5.74) is -3.97. The molecule has 8 heteroatoms. The summed E-state index contributed by atoms with van der Waals surface area (Å²) in [7, 11) is 0. The number of ketones is 1. The maximum absolute atomic E-state index is 13.4. The van der Waals surface area contributed by atoms with Gasteiger partial charge in [0.05, 0.1) is 35.1 Å². The highest BCUT2D eigenvalue weighted by Gasteiger charge is 2.69. The molecule has 42 heavy (non-hydrogen) atoms. The minimum Gasteiger partial charge on any atom is -0.456 e. The average Bonchev–Trinajstić information content (AvgIpc) is 3.21. The molecule has 5 rings (SSSR count). The van der Waals surface area contributed by atoms with Gasteiger partial charge in [-0.15, -0.1) is 0 Å². The molecule has 0 aliphatic heterocycles. The van der Waals surface area contributed by atoms with E-state index in [1.807, 2.05) is 19.9 Å². The molecule has 1 aromatic rings. The first kappa shape index (κ1) is 31.3. The Labute approximate surface area is 248 Å². The molecule has 0 saturated heterocycles. The van der Waals surface area contributed by atoms with Crippen LogP contribution in [0.4, 0.5) is 0 Å². The van der Waals surface area contributed by atoms with Gasteiger partial charge in [0.25, 0.3) is 0 Å². The smallest absolute Gasteiger partial charge is 0.338 e. The first-order chi connectivity index (χ1) is 19.5. The molecule has 4 aliphatic carbocycles. The second-order valence-electron chi connectivity index (χ2n) is 14.9. The number of allylic oxidation sites excluding steroid dienone is 1. The second-order valence-corrected chi connectivity index (χ2v) is 14.9. The molecular formula is C34H48O8. The van der Waals surface area contributed by atoms with Gasteiger partial charge in [0.2, 0.25) is 0 Å². The standard InChI is InChI=1S/C34H48O8/c1-30(2,42-29(39)20-9-7-6-8-10-20)14-13-28(38)33(5,40)27-12-16-34(41)22-17-24(35)23-18-25(36)26(37)19-31(23,3)21(22)11-15-32(27,34)4/h6-10,17,21,23,25-28,36-38,40-41H,11-16,18-19H2,1-5H3/t21-,23-,25+,26-,27-,28+,31+,32+,33+,34+/m0/s1. The fraction of sp³-hybridized carbons (Fsp3) is 0.706. The van der Waals surface area contributed by atoms with E-state index in [1.165, 1.54) is 0 Å². The van der Waals surface area contributed by atoms with Crippen LogP contribution in [0.25, 0.3) is 0 Å². The summed E-state index contributed by atoms with van der Waals surface area (Å²) in [6.45, 7) is 9.17. The fourth-order valence-corrected chi connectivity index (χ4v) is 9.25. The molecule has 0 aromatic heterocycles. The van der Waals surface area contributed by atoms with Crippen molar-refractivity contribution in [2.75, 3.05) is 0 Å². The Balaban J connectivity index is 1.33. The van der Waals surface area contributed by atoms with Crippen molar-refractivity contribution in [2.24, 2.45) is 28.6 Å². The zero-order chi connectivity index (χ0) is 30.9. The molecule has 0 bridgehead atoms. The highest BCUT2D eigenvalue weighted by molar-refractivity contribution is 5.95. The van der Waals surface area contributed by atoms with E-state index in [2.05, 4.69) is 0 Å². The molecule has 1 aromatic carbocycles. The zero-order valence-electron chi connectivity index (χ0n) is 25.5. The van der Waals surface area contributed by atoms with Crippen LogP contribution >= 0.6 is 0 Å². The van der Waals surface area contributed by atoms with E-state index in [9.17, 15) is 35.1 Å². The zero-order valence-corrected chi connectivity index (χ0v) is 25.5. The van der Waals surface area contributed by atoms with Crippen molar-refractivity contribution >= 4 is 11.8 Å². The molecule has 0 spiro atoms. The Bertz CT molecular complexity index is 1240. The lowest BCUT2D eigenvalue weighted by Crippen LogP contribution is -2.62. The quantitative estimate of drug-likeness (QED) is 0.305. The van der Waals surface area contributed by atoms with Gasteiger partial charge in [-0.05, 0) is 113 Å². The average molecular weight is 585 g/mol. The van der Waals surface area contributed by atoms with Crippen molar-refractivity contribution in [3.05, 3.63) is 47.5 Å². The van der Waals surface area contributed by atoms with E-state index in [0.717, 1.165) is 0 Å². The summed E-state index contributed by atoms with van der Waals surface area (Å²) in [6, 6.07) is 8.72. The molecule has 8 nitrogen and oxygen atoms in total. The largest absolute Gasteiger partial charge is 0.456 e. The summed E-state index contributed by atoms with van der Waals surface area (Å²) in [5.74, 6) is -1.53. The summed E-state index contributed by atoms with van der Waals surface area (Å²) < 4.78 is 5.73. The van der Waals surface area contributed by atoms with Gasteiger partial charge in [-0.3, -0.25) is 4.79 Å². The Morgan fingerprint density at radius 2 is 1.71 bits per heavy atom. The van der Waals surface area contributed by atoms with Gasteiger partial charge >= 0.3 is 5.97 Å². The SMILES string of the molecule is CC(C)(CC[C@@H](O)[C@](C)(O)[C@H]1CC[C@@]2(O)C3=CC(=O)[C@@H]4C[C@@H](O)[C@@H](O)C[C@]4(C)[C@H]3CC[C@]12C)OC(=O)c1ccccc1. The van der Waals surface area contributed by atoms with Gasteiger partial charge in [0.1, 0.15) is 5.60 Å². The van der Waals surface area contributed by atoms with Crippen LogP contribution in [0.1, 0.15) is 96.3 Å². The number of carbonyl (C=O) groups excluding carboxylic acids is 2. The van der Waals surface area contributed by atoms with Crippen LogP contribution in [0.3, 0.4) is 0 Å². The number of fused-ring (bicyclic) bond motifs is 5. The Kier molecular flexibility index (Phi) is 7.84. The lowest BCUT2D eigenvalue weighted by atomic mass is 9.45. The van der Waals surface area contributed by atoms with Crippen LogP contribution in [0.5, 0.6) is 0 Å². The van der Waals surface area contributed by atoms with Crippen LogP contribution in [-0.2, 0) is 9.53 Å². The van der Waals surface area contributed by atoms with Crippen LogP contribution in [0, 0.1) is 28.6 Å². The normalized spacial score (nSPS) is 40.2. The summed E-state index contributed by atoms with van der Waals surface area (Å²) in [6.07, 6.45) is 1.75. The van der Waals surface area contributed by atoms with Crippen LogP contribution in [0.15, 0.2) is 42.0 Å². The number of hydrogen-bond donors (Lipinski definition) is 5. The minimum atomic E-state index is -1.54. The van der Waals surface area contributed by atoms with Gasteiger partial charge in [-0.1, -0.05) is 32.0 Å². The Hall–Kier alpha value is -2.10. The van der Waals surface area contributed by atoms with E-state index in [1.54, 1.807) is 51.1 Å². The Morgan fingerprint density at radius 3 is 2.38 bits per heavy atom. The third-order valence-electron chi connectivity index (χ3n) is 11.9. The van der Waals surface area contributed by atoms with Crippen molar-refractivity contribution in [1.82, 2.24) is 0 Å². The third-order valence-corrected chi connectivity index (χ3v) is 11.9. The van der Waals surface area contributed by atoms with E-state index in [4.69, 9.17) is 4.74 Å². The Morgan fingerprint density at radius 1 is 1.05 bits per heavy atom. The van der Waals surface area contributed by atoms with Crippen molar-refractivity contribution < 1.29 is 39.9 Å². The monoisotopic (exact) mass is 584 g/mol. The van der Waals surface area contributed by atoms with Gasteiger partial charge in [0.15, 0.2) is 5.78 Å². The number of ether oxygens (including phenoxy) is 1. The lowest BCUT2D eigenvalue weighted by molar-refractivity contribution is -0.177. The number of carbonyl (C=O) groups is 2. The number of aliphatic hydroxyl groups is 5. The number of hydrogen-bond acceptors (Lipinski definition) is 8. The van der Waals surface area contributed by atoms with Crippen LogP contribution in [0.2, 0.25) is 0 Å². The summed E-state index contributed by atoms with van der Waals surface area (Å²) in [4.78, 5) is 26.0. The number of aliphatic hydroxyl groups excluding tert-OH is 3. The topological polar surface area (TPSA) is 145 Å². The van der Waals surface area contributed by atoms with Crippen molar-refractivity contribution in [2.45, 2.75) is 121 Å². The van der Waals surface area contributed by atoms with E-state index < -0.39 is 63.8 Å². The van der Waals surface area contributed by atoms with Gasteiger partial charge < -0.3 is 30.3 Å². The molecule has 10 atom stereocenters. The first-order valence-corrected chi connectivity index (χ1v) is 15.5. The molecule has 0 amide bonds. The number of rotatable bonds is 7. The van der Waals surface area contributed by atoms with Gasteiger partial charge in [0, 0.05) is 11.3 Å². The maximum Gasteiger partial charge on any atom is 0.338 e. The summed E-state index contributed by atoms with van der Waals surface area (Å²) in [5, 5.41) is 56.5. The number of esters is 1. The fourth-order valence-electron chi connectivity index (χ4n) is 9.25. The van der Waals surface area contributed by atoms with Crippen molar-refractivity contribution in [3.8, 4) is 0 Å². The highest BCUT2D eigenvalue weighted by Crippen LogP contribution is 2.68. The molecule has 0 unspecified atom stereocenters. The molecule has 3 fully saturated rings. The van der Waals surface area contributed by atoms with Crippen molar-refractivity contribution in [1.29, 1.82) is 0 Å². The van der Waals surface area contributed by atoms with E-state index in [-0.39, 0.29) is 24.5 Å². The van der Waals surface area contributed by atoms with E-state index in [0.29, 0.717) is 49.7 Å². The summed E-state index contributed by atoms with van der Waals surface area (Å²) >= 11 is 0. The van der Waals surface area contributed by atoms with Crippen LogP contribution < -0.4 is 0 Å². The maximum atomic E-state index is 13.4. The molecule has 0 radical (unpaired) electrons. The van der Waals surface area contributed by atoms with Gasteiger partial charge in [-0.25, -0.2) is 4.79 Å². The first-order valence-electron chi connectivity index (χ1n) is 15.5. The van der Waals surface area contributed by atoms with E-state index >= 15 is 0 Å². The van der Waals surface area contributed by atoms with Crippen LogP contribution in [-0.4, -0.2) is 72.4 Å². The molecule has 3 saturated carbocycles. The number of benzene rings is 1.